The van der Waals surface area contributed by atoms with E-state index in [1.54, 1.807) is 19.1 Å². The van der Waals surface area contributed by atoms with Crippen LogP contribution in [-0.2, 0) is 6.54 Å². The summed E-state index contributed by atoms with van der Waals surface area (Å²) in [6, 6.07) is 4.20. The molecule has 1 heterocycles. The maximum Gasteiger partial charge on any atom is 0.328 e. The molecule has 1 atom stereocenters. The summed E-state index contributed by atoms with van der Waals surface area (Å²) in [5, 5.41) is 9.82. The van der Waals surface area contributed by atoms with Gasteiger partial charge in [-0.3, -0.25) is 9.36 Å². The minimum absolute atomic E-state index is 0.121. The van der Waals surface area contributed by atoms with Crippen LogP contribution in [0.25, 0.3) is 10.9 Å². The Balaban J connectivity index is 2.82. The number of phenolic OH excluding ortho intramolecular Hbond substituents is 1. The van der Waals surface area contributed by atoms with Crippen molar-refractivity contribution in [2.45, 2.75) is 19.5 Å². The van der Waals surface area contributed by atoms with Crippen molar-refractivity contribution < 1.29 is 5.11 Å². The third kappa shape index (κ3) is 1.94. The summed E-state index contributed by atoms with van der Waals surface area (Å²) in [5.41, 5.74) is 4.71. The van der Waals surface area contributed by atoms with Gasteiger partial charge in [0.15, 0.2) is 0 Å². The lowest BCUT2D eigenvalue weighted by atomic mass is 10.2. The number of fused-ring (bicyclic) bond motifs is 1. The number of aromatic nitrogens is 2. The highest BCUT2D eigenvalue weighted by Crippen LogP contribution is 2.17. The lowest BCUT2D eigenvalue weighted by Crippen LogP contribution is -2.39. The molecular weight excluding hydrogens is 222 g/mol. The van der Waals surface area contributed by atoms with Crippen LogP contribution in [0.1, 0.15) is 6.92 Å². The standard InChI is InChI=1S/C11H13N3O3/c1-6(12)5-14-10(16)7-3-2-4-8(15)9(7)13-11(14)17/h2-4,6,15H,5,12H2,1H3,(H,13,17). The van der Waals surface area contributed by atoms with E-state index in [1.165, 1.54) is 6.07 Å². The van der Waals surface area contributed by atoms with E-state index in [2.05, 4.69) is 4.98 Å². The van der Waals surface area contributed by atoms with Gasteiger partial charge in [-0.2, -0.15) is 0 Å². The van der Waals surface area contributed by atoms with Gasteiger partial charge in [0, 0.05) is 12.6 Å². The zero-order valence-corrected chi connectivity index (χ0v) is 9.30. The molecule has 1 aromatic heterocycles. The molecule has 0 aliphatic rings. The lowest BCUT2D eigenvalue weighted by Gasteiger charge is -2.09. The molecule has 0 aliphatic heterocycles. The molecule has 0 radical (unpaired) electrons. The average molecular weight is 235 g/mol. The fraction of sp³-hybridized carbons (Fsp3) is 0.273. The predicted molar refractivity (Wildman–Crippen MR) is 64.1 cm³/mol. The van der Waals surface area contributed by atoms with Gasteiger partial charge in [-0.15, -0.1) is 0 Å². The van der Waals surface area contributed by atoms with Gasteiger partial charge in [-0.05, 0) is 19.1 Å². The Bertz CT molecular complexity index is 670. The fourth-order valence-corrected chi connectivity index (χ4v) is 1.72. The Kier molecular flexibility index (Phi) is 2.72. The van der Waals surface area contributed by atoms with Gasteiger partial charge in [0.25, 0.3) is 5.56 Å². The Morgan fingerprint density at radius 1 is 1.47 bits per heavy atom. The largest absolute Gasteiger partial charge is 0.506 e. The summed E-state index contributed by atoms with van der Waals surface area (Å²) in [7, 11) is 0. The van der Waals surface area contributed by atoms with E-state index < -0.39 is 11.2 Å². The van der Waals surface area contributed by atoms with Crippen LogP contribution >= 0.6 is 0 Å². The molecule has 0 aliphatic carbocycles. The van der Waals surface area contributed by atoms with Crippen LogP contribution in [0, 0.1) is 0 Å². The Morgan fingerprint density at radius 2 is 2.18 bits per heavy atom. The molecule has 6 nitrogen and oxygen atoms in total. The number of benzene rings is 1. The second-order valence-corrected chi connectivity index (χ2v) is 4.02. The van der Waals surface area contributed by atoms with E-state index in [4.69, 9.17) is 5.73 Å². The predicted octanol–water partition coefficient (Wildman–Crippen LogP) is -0.257. The molecule has 6 heteroatoms. The van der Waals surface area contributed by atoms with Gasteiger partial charge in [-0.1, -0.05) is 6.07 Å². The Hall–Kier alpha value is -2.08. The summed E-state index contributed by atoms with van der Waals surface area (Å²) >= 11 is 0. The van der Waals surface area contributed by atoms with Crippen molar-refractivity contribution in [3.63, 3.8) is 0 Å². The average Bonchev–Trinajstić information content (AvgIpc) is 2.26. The van der Waals surface area contributed by atoms with Crippen molar-refractivity contribution in [3.05, 3.63) is 39.0 Å². The second kappa shape index (κ2) is 4.06. The number of hydrogen-bond donors (Lipinski definition) is 3. The molecule has 1 aromatic carbocycles. The number of nitrogens with one attached hydrogen (secondary N) is 1. The fourth-order valence-electron chi connectivity index (χ4n) is 1.72. The highest BCUT2D eigenvalue weighted by atomic mass is 16.3. The van der Waals surface area contributed by atoms with Gasteiger partial charge < -0.3 is 15.8 Å². The van der Waals surface area contributed by atoms with Gasteiger partial charge in [-0.25, -0.2) is 4.79 Å². The zero-order valence-electron chi connectivity index (χ0n) is 9.30. The number of aromatic hydroxyl groups is 1. The summed E-state index contributed by atoms with van der Waals surface area (Å²) in [6.45, 7) is 1.85. The van der Waals surface area contributed by atoms with Crippen LogP contribution in [0.5, 0.6) is 5.75 Å². The van der Waals surface area contributed by atoms with Crippen molar-refractivity contribution in [3.8, 4) is 5.75 Å². The molecule has 0 bridgehead atoms. The Labute approximate surface area is 96.3 Å². The lowest BCUT2D eigenvalue weighted by molar-refractivity contribution is 0.479. The highest BCUT2D eigenvalue weighted by Gasteiger charge is 2.10. The number of nitrogens with two attached hydrogens (primary N) is 1. The SMILES string of the molecule is CC(N)Cn1c(=O)[nH]c2c(O)cccc2c1=O. The van der Waals surface area contributed by atoms with E-state index in [9.17, 15) is 14.7 Å². The van der Waals surface area contributed by atoms with Crippen LogP contribution in [-0.4, -0.2) is 20.7 Å². The number of hydrogen-bond acceptors (Lipinski definition) is 4. The highest BCUT2D eigenvalue weighted by molar-refractivity contribution is 5.82. The summed E-state index contributed by atoms with van der Waals surface area (Å²) in [4.78, 5) is 26.2. The summed E-state index contributed by atoms with van der Waals surface area (Å²) in [5.74, 6) is -0.121. The number of H-pyrrole nitrogens is 1. The van der Waals surface area contributed by atoms with Crippen LogP contribution in [0.15, 0.2) is 27.8 Å². The third-order valence-electron chi connectivity index (χ3n) is 2.47. The van der Waals surface area contributed by atoms with Crippen LogP contribution in [0.3, 0.4) is 0 Å². The van der Waals surface area contributed by atoms with Gasteiger partial charge in [0.1, 0.15) is 5.75 Å². The number of aromatic amines is 1. The molecule has 90 valence electrons. The van der Waals surface area contributed by atoms with Crippen LogP contribution in [0.4, 0.5) is 0 Å². The minimum Gasteiger partial charge on any atom is -0.506 e. The maximum atomic E-state index is 12.0. The molecule has 17 heavy (non-hydrogen) atoms. The normalized spacial score (nSPS) is 12.8. The van der Waals surface area contributed by atoms with Gasteiger partial charge in [0.05, 0.1) is 10.9 Å². The second-order valence-electron chi connectivity index (χ2n) is 4.02. The molecule has 2 aromatic rings. The van der Waals surface area contributed by atoms with E-state index in [1.807, 2.05) is 0 Å². The maximum absolute atomic E-state index is 12.0. The first-order valence-electron chi connectivity index (χ1n) is 5.21. The molecule has 1 unspecified atom stereocenters. The number of nitrogens with zero attached hydrogens (tertiary/aromatic N) is 1. The molecule has 0 spiro atoms. The number of para-hydroxylation sites is 1. The quantitative estimate of drug-likeness (QED) is 0.667. The van der Waals surface area contributed by atoms with Gasteiger partial charge >= 0.3 is 5.69 Å². The molecular formula is C11H13N3O3. The monoisotopic (exact) mass is 235 g/mol. The molecule has 2 rings (SSSR count). The van der Waals surface area contributed by atoms with Gasteiger partial charge in [0.2, 0.25) is 0 Å². The number of phenols is 1. The van der Waals surface area contributed by atoms with Crippen molar-refractivity contribution in [2.75, 3.05) is 0 Å². The first-order chi connectivity index (χ1) is 8.00. The van der Waals surface area contributed by atoms with Crippen molar-refractivity contribution in [2.24, 2.45) is 5.73 Å². The van der Waals surface area contributed by atoms with Crippen molar-refractivity contribution in [1.82, 2.24) is 9.55 Å². The first kappa shape index (κ1) is 11.4. The topological polar surface area (TPSA) is 101 Å². The molecule has 4 N–H and O–H groups in total. The zero-order chi connectivity index (χ0) is 12.6. The van der Waals surface area contributed by atoms with Crippen LogP contribution < -0.4 is 17.0 Å². The first-order valence-corrected chi connectivity index (χ1v) is 5.21. The smallest absolute Gasteiger partial charge is 0.328 e. The number of rotatable bonds is 2. The van der Waals surface area contributed by atoms with E-state index in [-0.39, 0.29) is 29.2 Å². The Morgan fingerprint density at radius 3 is 2.82 bits per heavy atom. The molecule has 0 saturated carbocycles. The van der Waals surface area contributed by atoms with E-state index in [0.717, 1.165) is 4.57 Å². The van der Waals surface area contributed by atoms with E-state index >= 15 is 0 Å². The molecule has 0 amide bonds. The van der Waals surface area contributed by atoms with Crippen molar-refractivity contribution >= 4 is 10.9 Å². The van der Waals surface area contributed by atoms with E-state index in [0.29, 0.717) is 0 Å². The summed E-state index contributed by atoms with van der Waals surface area (Å²) < 4.78 is 1.03. The third-order valence-corrected chi connectivity index (χ3v) is 2.47. The molecule has 0 fully saturated rings. The van der Waals surface area contributed by atoms with Crippen molar-refractivity contribution in [1.29, 1.82) is 0 Å². The minimum atomic E-state index is -0.568. The summed E-state index contributed by atoms with van der Waals surface area (Å²) in [6.07, 6.45) is 0. The van der Waals surface area contributed by atoms with Crippen LogP contribution in [0.2, 0.25) is 0 Å². The molecule has 0 saturated heterocycles.